The van der Waals surface area contributed by atoms with Crippen molar-refractivity contribution in [1.29, 1.82) is 0 Å². The summed E-state index contributed by atoms with van der Waals surface area (Å²) in [4.78, 5) is 17.9. The third-order valence-electron chi connectivity index (χ3n) is 7.36. The Labute approximate surface area is 183 Å². The van der Waals surface area contributed by atoms with Crippen LogP contribution in [0.15, 0.2) is 48.5 Å². The number of carbonyl (C=O) groups excluding carboxylic acids is 1. The number of fused-ring (bicyclic) bond motifs is 3. The second-order valence-electron chi connectivity index (χ2n) is 8.95. The molecule has 0 radical (unpaired) electrons. The molecule has 2 fully saturated rings. The summed E-state index contributed by atoms with van der Waals surface area (Å²) < 4.78 is 0. The lowest BCUT2D eigenvalue weighted by molar-refractivity contribution is -0.124. The van der Waals surface area contributed by atoms with Gasteiger partial charge in [0.1, 0.15) is 0 Å². The standard InChI is InChI=1S/C25H29ClN2O2/c26-20-12-6-4-10-18(20)14-27-22-15-28(25(30)17-8-2-1-3-9-17)21-13-7-5-11-19(21)24(22)23(27)16-29/h4-7,10-13,17,22-24,29H,1-3,8-9,14-16H2/t22-,23-,24+/m0/s1. The SMILES string of the molecule is O=C(C1CCCCC1)N1C[C@H]2[C@@H](c3ccccc31)[C@H](CO)N2Cc1ccccc1Cl. The smallest absolute Gasteiger partial charge is 0.230 e. The number of rotatable bonds is 4. The Morgan fingerprint density at radius 2 is 1.77 bits per heavy atom. The summed E-state index contributed by atoms with van der Waals surface area (Å²) in [6.07, 6.45) is 5.57. The summed E-state index contributed by atoms with van der Waals surface area (Å²) in [5.41, 5.74) is 3.32. The number of benzene rings is 2. The van der Waals surface area contributed by atoms with Crippen molar-refractivity contribution in [2.45, 2.75) is 56.7 Å². The van der Waals surface area contributed by atoms with Gasteiger partial charge >= 0.3 is 0 Å². The minimum absolute atomic E-state index is 0.0550. The number of aliphatic hydroxyl groups is 1. The second-order valence-corrected chi connectivity index (χ2v) is 9.36. The van der Waals surface area contributed by atoms with Crippen LogP contribution in [0.1, 0.15) is 49.1 Å². The topological polar surface area (TPSA) is 43.8 Å². The minimum atomic E-state index is 0.0550. The fraction of sp³-hybridized carbons (Fsp3) is 0.480. The largest absolute Gasteiger partial charge is 0.395 e. The first-order valence-corrected chi connectivity index (χ1v) is 11.6. The van der Waals surface area contributed by atoms with E-state index >= 15 is 0 Å². The summed E-state index contributed by atoms with van der Waals surface area (Å²) >= 11 is 6.42. The van der Waals surface area contributed by atoms with Gasteiger partial charge in [-0.2, -0.15) is 0 Å². The van der Waals surface area contributed by atoms with Crippen LogP contribution in [0.2, 0.25) is 5.02 Å². The number of nitrogens with zero attached hydrogens (tertiary/aromatic N) is 2. The summed E-state index contributed by atoms with van der Waals surface area (Å²) in [7, 11) is 0. The predicted molar refractivity (Wildman–Crippen MR) is 120 cm³/mol. The first-order chi connectivity index (χ1) is 14.7. The van der Waals surface area contributed by atoms with E-state index in [4.69, 9.17) is 11.6 Å². The number of halogens is 1. The lowest BCUT2D eigenvalue weighted by atomic mass is 9.71. The van der Waals surface area contributed by atoms with Gasteiger partial charge in [0.05, 0.1) is 6.61 Å². The zero-order chi connectivity index (χ0) is 20.7. The molecule has 1 aliphatic carbocycles. The predicted octanol–water partition coefficient (Wildman–Crippen LogP) is 4.60. The highest BCUT2D eigenvalue weighted by molar-refractivity contribution is 6.31. The molecule has 1 saturated heterocycles. The van der Waals surface area contributed by atoms with Crippen LogP contribution < -0.4 is 4.90 Å². The Hall–Kier alpha value is -1.88. The van der Waals surface area contributed by atoms with Crippen LogP contribution >= 0.6 is 11.6 Å². The highest BCUT2D eigenvalue weighted by Crippen LogP contribution is 2.49. The van der Waals surface area contributed by atoms with Crippen molar-refractivity contribution in [1.82, 2.24) is 4.90 Å². The Bertz CT molecular complexity index is 927. The molecule has 158 valence electrons. The Morgan fingerprint density at radius 1 is 1.03 bits per heavy atom. The van der Waals surface area contributed by atoms with E-state index in [0.717, 1.165) is 42.0 Å². The highest BCUT2D eigenvalue weighted by atomic mass is 35.5. The van der Waals surface area contributed by atoms with Gasteiger partial charge in [-0.25, -0.2) is 0 Å². The van der Waals surface area contributed by atoms with Crippen LogP contribution in [-0.2, 0) is 11.3 Å². The number of hydrogen-bond donors (Lipinski definition) is 1. The van der Waals surface area contributed by atoms with E-state index in [-0.39, 0.29) is 36.4 Å². The van der Waals surface area contributed by atoms with Crippen LogP contribution in [0.5, 0.6) is 0 Å². The van der Waals surface area contributed by atoms with Crippen molar-refractivity contribution in [3.63, 3.8) is 0 Å². The van der Waals surface area contributed by atoms with Crippen molar-refractivity contribution in [3.05, 3.63) is 64.7 Å². The molecule has 3 atom stereocenters. The van der Waals surface area contributed by atoms with Crippen molar-refractivity contribution in [2.24, 2.45) is 5.92 Å². The molecule has 5 heteroatoms. The first kappa shape index (κ1) is 20.0. The Balaban J connectivity index is 1.45. The molecule has 0 spiro atoms. The molecule has 2 aromatic carbocycles. The Morgan fingerprint density at radius 3 is 2.53 bits per heavy atom. The van der Waals surface area contributed by atoms with E-state index in [1.807, 2.05) is 35.2 Å². The molecule has 1 amide bonds. The second kappa shape index (κ2) is 8.33. The molecule has 2 heterocycles. The maximum atomic E-state index is 13.5. The van der Waals surface area contributed by atoms with Crippen molar-refractivity contribution in [3.8, 4) is 0 Å². The lowest BCUT2D eigenvalue weighted by Crippen LogP contribution is -2.69. The molecule has 5 rings (SSSR count). The monoisotopic (exact) mass is 424 g/mol. The molecular formula is C25H29ClN2O2. The van der Waals surface area contributed by atoms with Crippen LogP contribution in [0.3, 0.4) is 0 Å². The molecule has 4 nitrogen and oxygen atoms in total. The Kier molecular flexibility index (Phi) is 5.57. The maximum absolute atomic E-state index is 13.5. The quantitative estimate of drug-likeness (QED) is 0.780. The van der Waals surface area contributed by atoms with Crippen LogP contribution in [0.4, 0.5) is 5.69 Å². The van der Waals surface area contributed by atoms with Crippen LogP contribution in [-0.4, -0.2) is 41.1 Å². The van der Waals surface area contributed by atoms with Gasteiger partial charge in [0.15, 0.2) is 0 Å². The molecule has 3 aliphatic rings. The van der Waals surface area contributed by atoms with E-state index in [1.165, 1.54) is 12.0 Å². The third-order valence-corrected chi connectivity index (χ3v) is 7.72. The number of amides is 1. The van der Waals surface area contributed by atoms with Crippen LogP contribution in [0.25, 0.3) is 0 Å². The average molecular weight is 425 g/mol. The molecule has 0 bridgehead atoms. The molecule has 0 unspecified atom stereocenters. The minimum Gasteiger partial charge on any atom is -0.395 e. The molecule has 1 saturated carbocycles. The molecule has 0 aromatic heterocycles. The van der Waals surface area contributed by atoms with Gasteiger partial charge in [-0.05, 0) is 36.1 Å². The van der Waals surface area contributed by atoms with Gasteiger partial charge in [0.25, 0.3) is 0 Å². The maximum Gasteiger partial charge on any atom is 0.230 e. The van der Waals surface area contributed by atoms with Crippen molar-refractivity contribution in [2.75, 3.05) is 18.1 Å². The van der Waals surface area contributed by atoms with Gasteiger partial charge < -0.3 is 10.0 Å². The summed E-state index contributed by atoms with van der Waals surface area (Å²) in [5, 5.41) is 10.9. The number of carbonyl (C=O) groups is 1. The van der Waals surface area contributed by atoms with E-state index in [2.05, 4.69) is 23.1 Å². The fourth-order valence-electron chi connectivity index (χ4n) is 5.80. The van der Waals surface area contributed by atoms with E-state index in [1.54, 1.807) is 0 Å². The van der Waals surface area contributed by atoms with Crippen LogP contribution in [0, 0.1) is 5.92 Å². The molecule has 2 aliphatic heterocycles. The van der Waals surface area contributed by atoms with Crippen molar-refractivity contribution >= 4 is 23.2 Å². The van der Waals surface area contributed by atoms with E-state index < -0.39 is 0 Å². The fourth-order valence-corrected chi connectivity index (χ4v) is 6.00. The van der Waals surface area contributed by atoms with Crippen molar-refractivity contribution < 1.29 is 9.90 Å². The van der Waals surface area contributed by atoms with Gasteiger partial charge in [0, 0.05) is 47.7 Å². The lowest BCUT2D eigenvalue weighted by Gasteiger charge is -2.59. The highest BCUT2D eigenvalue weighted by Gasteiger charge is 2.53. The first-order valence-electron chi connectivity index (χ1n) is 11.2. The van der Waals surface area contributed by atoms with Gasteiger partial charge in [-0.15, -0.1) is 0 Å². The summed E-state index contributed by atoms with van der Waals surface area (Å²) in [6, 6.07) is 16.5. The summed E-state index contributed by atoms with van der Waals surface area (Å²) in [6.45, 7) is 1.49. The molecular weight excluding hydrogens is 396 g/mol. The molecule has 30 heavy (non-hydrogen) atoms. The van der Waals surface area contributed by atoms with Gasteiger partial charge in [-0.1, -0.05) is 67.3 Å². The third kappa shape index (κ3) is 3.35. The average Bonchev–Trinajstić information content (AvgIpc) is 2.78. The summed E-state index contributed by atoms with van der Waals surface area (Å²) in [5.74, 6) is 0.684. The number of para-hydroxylation sites is 1. The van der Waals surface area contributed by atoms with E-state index in [0.29, 0.717) is 13.1 Å². The number of hydrogen-bond acceptors (Lipinski definition) is 3. The molecule has 2 aromatic rings. The van der Waals surface area contributed by atoms with Gasteiger partial charge in [-0.3, -0.25) is 9.69 Å². The zero-order valence-electron chi connectivity index (χ0n) is 17.2. The normalized spacial score (nSPS) is 26.6. The number of likely N-dealkylation sites (tertiary alicyclic amines) is 1. The molecule has 1 N–H and O–H groups in total. The number of aliphatic hydroxyl groups excluding tert-OH is 1. The van der Waals surface area contributed by atoms with E-state index in [9.17, 15) is 9.90 Å². The zero-order valence-corrected chi connectivity index (χ0v) is 18.0. The van der Waals surface area contributed by atoms with Gasteiger partial charge in [0.2, 0.25) is 5.91 Å². The number of anilines is 1.